The number of nitrogens with one attached hydrogen (secondary N) is 2. The van der Waals surface area contributed by atoms with E-state index in [1.54, 1.807) is 6.92 Å². The van der Waals surface area contributed by atoms with Crippen molar-refractivity contribution in [3.63, 3.8) is 0 Å². The maximum absolute atomic E-state index is 10.3. The van der Waals surface area contributed by atoms with Crippen LogP contribution in [0.25, 0.3) is 0 Å². The fourth-order valence-corrected chi connectivity index (χ4v) is 0.403. The van der Waals surface area contributed by atoms with E-state index in [0.29, 0.717) is 18.7 Å². The van der Waals surface area contributed by atoms with E-state index in [-0.39, 0.29) is 5.91 Å². The Morgan fingerprint density at radius 3 is 2.64 bits per heavy atom. The van der Waals surface area contributed by atoms with Crippen LogP contribution in [0, 0.1) is 0 Å². The van der Waals surface area contributed by atoms with Gasteiger partial charge in [0, 0.05) is 6.92 Å². The molecule has 2 amide bonds. The molecule has 0 heterocycles. The molecule has 0 spiro atoms. The summed E-state index contributed by atoms with van der Waals surface area (Å²) in [5.41, 5.74) is 2.89. The average Bonchev–Trinajstić information content (AvgIpc) is 1.97. The third-order valence-corrected chi connectivity index (χ3v) is 0.845. The first-order valence-corrected chi connectivity index (χ1v) is 3.13. The molecule has 0 saturated heterocycles. The van der Waals surface area contributed by atoms with E-state index >= 15 is 0 Å². The first-order chi connectivity index (χ1) is 5.16. The summed E-state index contributed by atoms with van der Waals surface area (Å²) in [5, 5.41) is 6.07. The Morgan fingerprint density at radius 2 is 2.18 bits per heavy atom. The molecule has 0 bridgehead atoms. The minimum absolute atomic E-state index is 0.226. The monoisotopic (exact) mass is 157 g/mol. The molecular formula is C6H11N3O2. The highest BCUT2D eigenvalue weighted by Crippen LogP contribution is 1.71. The molecule has 0 aromatic carbocycles. The van der Waals surface area contributed by atoms with Crippen LogP contribution in [0.4, 0.5) is 0 Å². The minimum Gasteiger partial charge on any atom is -0.353 e. The van der Waals surface area contributed by atoms with E-state index in [0.717, 1.165) is 0 Å². The molecule has 0 unspecified atom stereocenters. The molecule has 0 aliphatic heterocycles. The second-order valence-corrected chi connectivity index (χ2v) is 2.01. The van der Waals surface area contributed by atoms with E-state index < -0.39 is 0 Å². The Bertz CT molecular complexity index is 177. The van der Waals surface area contributed by atoms with Crippen molar-refractivity contribution in [2.75, 3.05) is 6.54 Å². The molecule has 62 valence electrons. The van der Waals surface area contributed by atoms with Gasteiger partial charge in [-0.2, -0.15) is 5.10 Å². The van der Waals surface area contributed by atoms with Gasteiger partial charge in [-0.05, 0) is 6.92 Å². The van der Waals surface area contributed by atoms with Gasteiger partial charge in [-0.1, -0.05) is 0 Å². The van der Waals surface area contributed by atoms with E-state index in [1.807, 2.05) is 0 Å². The van der Waals surface area contributed by atoms with Crippen LogP contribution in [0.3, 0.4) is 0 Å². The Balaban J connectivity index is 3.62. The maximum atomic E-state index is 10.3. The van der Waals surface area contributed by atoms with E-state index in [1.165, 1.54) is 6.92 Å². The number of amides is 2. The lowest BCUT2D eigenvalue weighted by Gasteiger charge is -1.97. The topological polar surface area (TPSA) is 70.6 Å². The molecule has 5 heteroatoms. The van der Waals surface area contributed by atoms with Crippen molar-refractivity contribution in [1.82, 2.24) is 10.7 Å². The van der Waals surface area contributed by atoms with Crippen LogP contribution in [0.5, 0.6) is 0 Å². The third-order valence-electron chi connectivity index (χ3n) is 0.845. The minimum atomic E-state index is -0.226. The molecule has 0 radical (unpaired) electrons. The summed E-state index contributed by atoms with van der Waals surface area (Å²) in [4.78, 5) is 20.1. The van der Waals surface area contributed by atoms with Gasteiger partial charge in [0.05, 0.1) is 12.3 Å². The second kappa shape index (κ2) is 5.40. The van der Waals surface area contributed by atoms with E-state index in [9.17, 15) is 9.59 Å². The third kappa shape index (κ3) is 6.50. The van der Waals surface area contributed by atoms with Gasteiger partial charge in [-0.3, -0.25) is 9.59 Å². The molecule has 11 heavy (non-hydrogen) atoms. The molecule has 0 atom stereocenters. The zero-order valence-corrected chi connectivity index (χ0v) is 6.55. The summed E-state index contributed by atoms with van der Waals surface area (Å²) in [7, 11) is 0. The second-order valence-electron chi connectivity index (χ2n) is 2.01. The van der Waals surface area contributed by atoms with Gasteiger partial charge in [0.15, 0.2) is 0 Å². The molecule has 5 nitrogen and oxygen atoms in total. The number of carbonyl (C=O) groups is 2. The van der Waals surface area contributed by atoms with Crippen LogP contribution in [0.1, 0.15) is 13.8 Å². The predicted octanol–water partition coefficient (Wildman–Crippen LogP) is -0.756. The average molecular weight is 157 g/mol. The van der Waals surface area contributed by atoms with Gasteiger partial charge < -0.3 is 5.32 Å². The maximum Gasteiger partial charge on any atom is 0.236 e. The van der Waals surface area contributed by atoms with Crippen LogP contribution >= 0.6 is 0 Å². The van der Waals surface area contributed by atoms with Crippen molar-refractivity contribution in [3.05, 3.63) is 0 Å². The number of nitrogens with zero attached hydrogens (tertiary/aromatic N) is 1. The van der Waals surface area contributed by atoms with Crippen molar-refractivity contribution in [2.24, 2.45) is 5.10 Å². The summed E-state index contributed by atoms with van der Waals surface area (Å²) in [6, 6.07) is 0. The summed E-state index contributed by atoms with van der Waals surface area (Å²) in [5.74, 6) is -0.226. The Labute approximate surface area is 64.9 Å². The molecule has 0 saturated carbocycles. The van der Waals surface area contributed by atoms with E-state index in [4.69, 9.17) is 0 Å². The molecule has 0 rings (SSSR count). The van der Waals surface area contributed by atoms with Crippen molar-refractivity contribution in [3.8, 4) is 0 Å². The number of hydrazone groups is 1. The number of hydrogen-bond acceptors (Lipinski definition) is 3. The fraction of sp³-hybridized carbons (Fsp3) is 0.500. The number of rotatable bonds is 4. The van der Waals surface area contributed by atoms with Gasteiger partial charge in [-0.25, -0.2) is 5.43 Å². The Hall–Kier alpha value is -1.39. The predicted molar refractivity (Wildman–Crippen MR) is 41.0 cm³/mol. The SMILES string of the molecule is CC(=O)N/N=C(\C)CNC=O. The zero-order valence-electron chi connectivity index (χ0n) is 6.55. The lowest BCUT2D eigenvalue weighted by molar-refractivity contribution is -0.118. The standard InChI is InChI=1S/C6H11N3O2/c1-5(3-7-4-10)8-9-6(2)11/h4H,3H2,1-2H3,(H,7,10)(H,9,11)/b8-5+. The van der Waals surface area contributed by atoms with Crippen molar-refractivity contribution >= 4 is 18.0 Å². The molecule has 0 fully saturated rings. The highest BCUT2D eigenvalue weighted by atomic mass is 16.2. The van der Waals surface area contributed by atoms with Gasteiger partial charge in [0.25, 0.3) is 0 Å². The van der Waals surface area contributed by atoms with Crippen molar-refractivity contribution in [1.29, 1.82) is 0 Å². The lowest BCUT2D eigenvalue weighted by atomic mass is 10.4. The molecule has 2 N–H and O–H groups in total. The Morgan fingerprint density at radius 1 is 1.55 bits per heavy atom. The quantitative estimate of drug-likeness (QED) is 0.320. The van der Waals surface area contributed by atoms with Gasteiger partial charge >= 0.3 is 0 Å². The summed E-state index contributed by atoms with van der Waals surface area (Å²) in [6.45, 7) is 3.42. The smallest absolute Gasteiger partial charge is 0.236 e. The van der Waals surface area contributed by atoms with Crippen LogP contribution in [-0.4, -0.2) is 24.6 Å². The van der Waals surface area contributed by atoms with Gasteiger partial charge in [-0.15, -0.1) is 0 Å². The summed E-state index contributed by atoms with van der Waals surface area (Å²) < 4.78 is 0. The zero-order chi connectivity index (χ0) is 8.69. The first kappa shape index (κ1) is 9.61. The van der Waals surface area contributed by atoms with Crippen molar-refractivity contribution in [2.45, 2.75) is 13.8 Å². The van der Waals surface area contributed by atoms with Crippen LogP contribution in [0.2, 0.25) is 0 Å². The highest BCUT2D eigenvalue weighted by molar-refractivity contribution is 5.86. The van der Waals surface area contributed by atoms with Crippen LogP contribution in [0.15, 0.2) is 5.10 Å². The normalized spacial score (nSPS) is 10.5. The lowest BCUT2D eigenvalue weighted by Crippen LogP contribution is -2.23. The highest BCUT2D eigenvalue weighted by Gasteiger charge is 1.89. The largest absolute Gasteiger partial charge is 0.353 e. The van der Waals surface area contributed by atoms with Crippen LogP contribution < -0.4 is 10.7 Å². The fourth-order valence-electron chi connectivity index (χ4n) is 0.403. The molecule has 0 aliphatic rings. The molecular weight excluding hydrogens is 146 g/mol. The molecule has 0 aromatic heterocycles. The van der Waals surface area contributed by atoms with Gasteiger partial charge in [0.2, 0.25) is 12.3 Å². The summed E-state index contributed by atoms with van der Waals surface area (Å²) in [6.07, 6.45) is 0.576. The first-order valence-electron chi connectivity index (χ1n) is 3.13. The van der Waals surface area contributed by atoms with E-state index in [2.05, 4.69) is 15.8 Å². The van der Waals surface area contributed by atoms with Crippen molar-refractivity contribution < 1.29 is 9.59 Å². The molecule has 0 aromatic rings. The van der Waals surface area contributed by atoms with Gasteiger partial charge in [0.1, 0.15) is 0 Å². The molecule has 0 aliphatic carbocycles. The number of hydrogen-bond donors (Lipinski definition) is 2. The number of carbonyl (C=O) groups excluding carboxylic acids is 2. The Kier molecular flexibility index (Phi) is 4.72. The summed E-state index contributed by atoms with van der Waals surface area (Å²) >= 11 is 0. The van der Waals surface area contributed by atoms with Crippen LogP contribution in [-0.2, 0) is 9.59 Å².